The Morgan fingerprint density at radius 2 is 1.55 bits per heavy atom. The number of nitrogens with zero attached hydrogens (tertiary/aromatic N) is 2. The zero-order valence-corrected chi connectivity index (χ0v) is 17.6. The van der Waals surface area contributed by atoms with E-state index in [1.165, 1.54) is 11.1 Å². The van der Waals surface area contributed by atoms with Crippen LogP contribution in [0.25, 0.3) is 22.6 Å². The van der Waals surface area contributed by atoms with Gasteiger partial charge in [0.2, 0.25) is 0 Å². The number of aryl methyl sites for hydroxylation is 1. The second-order valence-electron chi connectivity index (χ2n) is 8.04. The van der Waals surface area contributed by atoms with Crippen molar-refractivity contribution in [3.05, 3.63) is 102 Å². The van der Waals surface area contributed by atoms with Crippen molar-refractivity contribution in [2.75, 3.05) is 0 Å². The van der Waals surface area contributed by atoms with Crippen molar-refractivity contribution in [2.45, 2.75) is 25.3 Å². The summed E-state index contributed by atoms with van der Waals surface area (Å²) in [5.41, 5.74) is 5.79. The molecule has 1 aliphatic rings. The molecule has 0 radical (unpaired) electrons. The number of carbonyl (C=O) groups is 1. The summed E-state index contributed by atoms with van der Waals surface area (Å²) < 4.78 is 1.92. The van der Waals surface area contributed by atoms with Crippen LogP contribution in [0, 0.1) is 0 Å². The highest BCUT2D eigenvalue weighted by atomic mass is 16.2. The Labute approximate surface area is 182 Å². The number of carbonyl (C=O) groups excluding carboxylic acids is 1. The van der Waals surface area contributed by atoms with Crippen LogP contribution in [0.4, 0.5) is 0 Å². The lowest BCUT2D eigenvalue weighted by Gasteiger charge is -2.26. The third kappa shape index (κ3) is 3.66. The van der Waals surface area contributed by atoms with Gasteiger partial charge in [0.1, 0.15) is 17.2 Å². The van der Waals surface area contributed by atoms with Gasteiger partial charge in [0.15, 0.2) is 0 Å². The van der Waals surface area contributed by atoms with Gasteiger partial charge in [0.05, 0.1) is 6.04 Å². The zero-order valence-electron chi connectivity index (χ0n) is 17.6. The van der Waals surface area contributed by atoms with Gasteiger partial charge in [-0.05, 0) is 30.4 Å². The van der Waals surface area contributed by atoms with Crippen LogP contribution < -0.4 is 5.32 Å². The van der Waals surface area contributed by atoms with Crippen molar-refractivity contribution in [3.63, 3.8) is 0 Å². The average molecular weight is 408 g/mol. The van der Waals surface area contributed by atoms with Crippen LogP contribution in [0.2, 0.25) is 0 Å². The van der Waals surface area contributed by atoms with Gasteiger partial charge in [-0.25, -0.2) is 4.98 Å². The molecule has 3 aromatic carbocycles. The lowest BCUT2D eigenvalue weighted by molar-refractivity contribution is 0.0925. The fourth-order valence-corrected chi connectivity index (χ4v) is 4.53. The SMILES string of the molecule is Cn1c(-c2ccccc2)nc(-c2ccccc2)c1C(=O)NC1CCCc2ccccc21. The number of hydrogen-bond acceptors (Lipinski definition) is 2. The third-order valence-corrected chi connectivity index (χ3v) is 6.06. The predicted molar refractivity (Wildman–Crippen MR) is 124 cm³/mol. The highest BCUT2D eigenvalue weighted by Crippen LogP contribution is 2.32. The van der Waals surface area contributed by atoms with Gasteiger partial charge < -0.3 is 9.88 Å². The lowest BCUT2D eigenvalue weighted by atomic mass is 9.87. The van der Waals surface area contributed by atoms with Crippen LogP contribution in [0.15, 0.2) is 84.9 Å². The monoisotopic (exact) mass is 407 g/mol. The summed E-state index contributed by atoms with van der Waals surface area (Å²) in [7, 11) is 1.92. The molecule has 0 fully saturated rings. The zero-order chi connectivity index (χ0) is 21.2. The molecule has 1 aliphatic carbocycles. The van der Waals surface area contributed by atoms with Gasteiger partial charge in [-0.3, -0.25) is 4.79 Å². The minimum Gasteiger partial charge on any atom is -0.344 e. The number of fused-ring (bicyclic) bond motifs is 1. The standard InChI is InChI=1S/C27H25N3O/c1-30-25(27(31)28-23-18-10-16-19-11-8-9-17-22(19)23)24(20-12-4-2-5-13-20)29-26(30)21-14-6-3-7-15-21/h2-9,11-15,17,23H,10,16,18H2,1H3,(H,28,31). The van der Waals surface area contributed by atoms with Gasteiger partial charge in [-0.15, -0.1) is 0 Å². The number of rotatable bonds is 4. The normalized spacial score (nSPS) is 15.3. The Morgan fingerprint density at radius 3 is 2.29 bits per heavy atom. The molecule has 4 heteroatoms. The summed E-state index contributed by atoms with van der Waals surface area (Å²) in [4.78, 5) is 18.5. The number of amides is 1. The molecule has 5 rings (SSSR count). The lowest BCUT2D eigenvalue weighted by Crippen LogP contribution is -2.32. The summed E-state index contributed by atoms with van der Waals surface area (Å²) in [5.74, 6) is 0.700. The first-order chi connectivity index (χ1) is 15.2. The van der Waals surface area contributed by atoms with Crippen LogP contribution in [-0.2, 0) is 13.5 Å². The highest BCUT2D eigenvalue weighted by Gasteiger charge is 2.27. The summed E-state index contributed by atoms with van der Waals surface area (Å²) in [6.07, 6.45) is 3.10. The molecular weight excluding hydrogens is 382 g/mol. The summed E-state index contributed by atoms with van der Waals surface area (Å²) in [6.45, 7) is 0. The van der Waals surface area contributed by atoms with Gasteiger partial charge >= 0.3 is 0 Å². The molecule has 1 unspecified atom stereocenters. The molecule has 1 heterocycles. The predicted octanol–water partition coefficient (Wildman–Crippen LogP) is 5.56. The van der Waals surface area contributed by atoms with Crippen molar-refractivity contribution in [1.82, 2.24) is 14.9 Å². The number of imidazole rings is 1. The maximum atomic E-state index is 13.6. The van der Waals surface area contributed by atoms with Crippen LogP contribution in [0.5, 0.6) is 0 Å². The van der Waals surface area contributed by atoms with Crippen LogP contribution in [0.1, 0.15) is 40.5 Å². The molecular formula is C27H25N3O. The largest absolute Gasteiger partial charge is 0.344 e. The first kappa shape index (κ1) is 19.3. The third-order valence-electron chi connectivity index (χ3n) is 6.06. The summed E-state index contributed by atoms with van der Waals surface area (Å²) >= 11 is 0. The Hall–Kier alpha value is -3.66. The average Bonchev–Trinajstić information content (AvgIpc) is 3.17. The summed E-state index contributed by atoms with van der Waals surface area (Å²) in [6, 6.07) is 28.4. The van der Waals surface area contributed by atoms with E-state index in [1.54, 1.807) is 0 Å². The van der Waals surface area contributed by atoms with E-state index in [0.717, 1.165) is 36.2 Å². The van der Waals surface area contributed by atoms with Crippen LogP contribution in [-0.4, -0.2) is 15.5 Å². The molecule has 0 bridgehead atoms. The molecule has 4 nitrogen and oxygen atoms in total. The molecule has 1 aromatic heterocycles. The molecule has 0 saturated carbocycles. The molecule has 0 aliphatic heterocycles. The van der Waals surface area contributed by atoms with E-state index in [1.807, 2.05) is 72.3 Å². The number of aromatic nitrogens is 2. The van der Waals surface area contributed by atoms with Gasteiger partial charge in [-0.2, -0.15) is 0 Å². The number of benzene rings is 3. The molecule has 1 amide bonds. The molecule has 0 spiro atoms. The van der Waals surface area contributed by atoms with Crippen LogP contribution >= 0.6 is 0 Å². The highest BCUT2D eigenvalue weighted by molar-refractivity contribution is 5.99. The molecule has 1 atom stereocenters. The smallest absolute Gasteiger partial charge is 0.270 e. The fourth-order valence-electron chi connectivity index (χ4n) is 4.53. The van der Waals surface area contributed by atoms with Crippen LogP contribution in [0.3, 0.4) is 0 Å². The Bertz CT molecular complexity index is 1210. The maximum absolute atomic E-state index is 13.6. The minimum atomic E-state index is -0.0854. The van der Waals surface area contributed by atoms with Crippen molar-refractivity contribution in [1.29, 1.82) is 0 Å². The van der Waals surface area contributed by atoms with Crippen molar-refractivity contribution < 1.29 is 4.79 Å². The van der Waals surface area contributed by atoms with Gasteiger partial charge in [0, 0.05) is 18.2 Å². The minimum absolute atomic E-state index is 0.0242. The molecule has 31 heavy (non-hydrogen) atoms. The van der Waals surface area contributed by atoms with E-state index in [0.29, 0.717) is 11.4 Å². The second-order valence-corrected chi connectivity index (χ2v) is 8.04. The van der Waals surface area contributed by atoms with E-state index in [2.05, 4.69) is 29.6 Å². The van der Waals surface area contributed by atoms with Crippen molar-refractivity contribution >= 4 is 5.91 Å². The Kier molecular flexibility index (Phi) is 5.13. The Balaban J connectivity index is 1.57. The van der Waals surface area contributed by atoms with Crippen molar-refractivity contribution in [2.24, 2.45) is 7.05 Å². The molecule has 4 aromatic rings. The summed E-state index contributed by atoms with van der Waals surface area (Å²) in [5, 5.41) is 3.31. The van der Waals surface area contributed by atoms with E-state index >= 15 is 0 Å². The van der Waals surface area contributed by atoms with E-state index in [4.69, 9.17) is 4.98 Å². The Morgan fingerprint density at radius 1 is 0.903 bits per heavy atom. The first-order valence-corrected chi connectivity index (χ1v) is 10.8. The first-order valence-electron chi connectivity index (χ1n) is 10.8. The molecule has 154 valence electrons. The fraction of sp³-hybridized carbons (Fsp3) is 0.185. The van der Waals surface area contributed by atoms with E-state index in [9.17, 15) is 4.79 Å². The van der Waals surface area contributed by atoms with Crippen molar-refractivity contribution in [3.8, 4) is 22.6 Å². The maximum Gasteiger partial charge on any atom is 0.270 e. The molecule has 0 saturated heterocycles. The quantitative estimate of drug-likeness (QED) is 0.481. The second kappa shape index (κ2) is 8.23. The molecule has 1 N–H and O–H groups in total. The number of hydrogen-bond donors (Lipinski definition) is 1. The van der Waals surface area contributed by atoms with Gasteiger partial charge in [-0.1, -0.05) is 84.9 Å². The van der Waals surface area contributed by atoms with Gasteiger partial charge in [0.25, 0.3) is 5.91 Å². The topological polar surface area (TPSA) is 46.9 Å². The number of nitrogens with one attached hydrogen (secondary N) is 1. The van der Waals surface area contributed by atoms with E-state index < -0.39 is 0 Å². The van der Waals surface area contributed by atoms with E-state index in [-0.39, 0.29) is 11.9 Å².